The Morgan fingerprint density at radius 2 is 2.11 bits per heavy atom. The number of nitrogens with zero attached hydrogens (tertiary/aromatic N) is 3. The van der Waals surface area contributed by atoms with Crippen molar-refractivity contribution in [2.45, 2.75) is 12.8 Å². The van der Waals surface area contributed by atoms with Gasteiger partial charge in [-0.1, -0.05) is 17.7 Å². The molecule has 9 heteroatoms. The zero-order valence-electron chi connectivity index (χ0n) is 14.2. The first-order chi connectivity index (χ1) is 13.0. The summed E-state index contributed by atoms with van der Waals surface area (Å²) in [5, 5.41) is 2.09. The van der Waals surface area contributed by atoms with E-state index in [9.17, 15) is 14.0 Å². The molecule has 1 aliphatic rings. The molecule has 1 saturated heterocycles. The third-order valence-corrected chi connectivity index (χ3v) is 5.66. The summed E-state index contributed by atoms with van der Waals surface area (Å²) < 4.78 is 14.4. The van der Waals surface area contributed by atoms with Gasteiger partial charge in [-0.2, -0.15) is 0 Å². The summed E-state index contributed by atoms with van der Waals surface area (Å²) in [4.78, 5) is 36.8. The lowest BCUT2D eigenvalue weighted by Crippen LogP contribution is -2.37. The van der Waals surface area contributed by atoms with Gasteiger partial charge in [-0.25, -0.2) is 9.37 Å². The second kappa shape index (κ2) is 7.28. The number of amides is 1. The van der Waals surface area contributed by atoms with Crippen molar-refractivity contribution in [3.8, 4) is 11.1 Å². The Bertz CT molecular complexity index is 1080. The van der Waals surface area contributed by atoms with Crippen LogP contribution in [0.4, 0.5) is 4.39 Å². The number of likely N-dealkylation sites (tertiary alicyclic amines) is 1. The predicted molar refractivity (Wildman–Crippen MR) is 102 cm³/mol. The molecule has 0 atom stereocenters. The molecule has 27 heavy (non-hydrogen) atoms. The van der Waals surface area contributed by atoms with Gasteiger partial charge in [0.15, 0.2) is 6.61 Å². The van der Waals surface area contributed by atoms with Crippen molar-refractivity contribution in [1.82, 2.24) is 14.6 Å². The maximum Gasteiger partial charge on any atom is 0.295 e. The van der Waals surface area contributed by atoms with Crippen LogP contribution in [0.1, 0.15) is 12.8 Å². The van der Waals surface area contributed by atoms with Gasteiger partial charge in [0.25, 0.3) is 11.5 Å². The second-order valence-electron chi connectivity index (χ2n) is 6.20. The van der Waals surface area contributed by atoms with Crippen molar-refractivity contribution < 1.29 is 14.0 Å². The van der Waals surface area contributed by atoms with E-state index in [0.717, 1.165) is 17.6 Å². The third kappa shape index (κ3) is 3.42. The average Bonchev–Trinajstić information content (AvgIpc) is 3.33. The number of aromatic nitrogens is 2. The Hall–Kier alpha value is -2.45. The lowest BCUT2D eigenvalue weighted by molar-refractivity contribution is -0.135. The van der Waals surface area contributed by atoms with Gasteiger partial charge in [0.05, 0.1) is 10.4 Å². The van der Waals surface area contributed by atoms with E-state index in [0.29, 0.717) is 34.4 Å². The molecule has 2 aromatic heterocycles. The molecule has 0 bridgehead atoms. The number of thiophene rings is 1. The maximum absolute atomic E-state index is 13.4. The molecule has 3 heterocycles. The minimum absolute atomic E-state index is 0.0245. The molecule has 1 fully saturated rings. The van der Waals surface area contributed by atoms with Gasteiger partial charge in [-0.15, -0.1) is 16.1 Å². The Kier molecular flexibility index (Phi) is 4.84. The topological polar surface area (TPSA) is 64.4 Å². The normalized spacial score (nSPS) is 14.1. The number of carbonyl (C=O) groups excluding carboxylic acids is 1. The number of rotatable bonds is 4. The second-order valence-corrected chi connectivity index (χ2v) is 7.46. The fourth-order valence-electron chi connectivity index (χ4n) is 3.07. The summed E-state index contributed by atoms with van der Waals surface area (Å²) in [7, 11) is 0. The number of hydrogen-bond donors (Lipinski definition) is 0. The number of hydrogen-bond acceptors (Lipinski definition) is 5. The highest BCUT2D eigenvalue weighted by Crippen LogP contribution is 2.32. The van der Waals surface area contributed by atoms with Crippen molar-refractivity contribution in [3.05, 3.63) is 51.1 Å². The fraction of sp³-hybridized carbons (Fsp3) is 0.278. The van der Waals surface area contributed by atoms with E-state index in [1.54, 1.807) is 16.3 Å². The smallest absolute Gasteiger partial charge is 0.295 e. The first-order valence-corrected chi connectivity index (χ1v) is 9.65. The van der Waals surface area contributed by atoms with E-state index in [4.69, 9.17) is 16.4 Å². The standard InChI is InChI=1S/C18H15ClFN3O3S/c19-13-7-11(3-4-14(13)20)12-9-27-17-16(12)18(25)23(10-21-17)26-8-15(24)22-5-1-2-6-22/h3-4,7,9-10H,1-2,5-6,8H2. The van der Waals surface area contributed by atoms with Crippen LogP contribution in [0.3, 0.4) is 0 Å². The van der Waals surface area contributed by atoms with Crippen molar-refractivity contribution >= 4 is 39.1 Å². The molecule has 140 valence electrons. The van der Waals surface area contributed by atoms with Gasteiger partial charge >= 0.3 is 0 Å². The van der Waals surface area contributed by atoms with Crippen LogP contribution < -0.4 is 10.4 Å². The molecule has 1 aromatic carbocycles. The molecular weight excluding hydrogens is 393 g/mol. The minimum Gasteiger partial charge on any atom is -0.399 e. The lowest BCUT2D eigenvalue weighted by atomic mass is 10.1. The van der Waals surface area contributed by atoms with Gasteiger partial charge in [0.1, 0.15) is 17.0 Å². The Balaban J connectivity index is 1.65. The summed E-state index contributed by atoms with van der Waals surface area (Å²) in [5.41, 5.74) is 0.779. The minimum atomic E-state index is -0.528. The Morgan fingerprint density at radius 1 is 1.33 bits per heavy atom. The first kappa shape index (κ1) is 17.9. The summed E-state index contributed by atoms with van der Waals surface area (Å²) in [5.74, 6) is -0.686. The highest BCUT2D eigenvalue weighted by Gasteiger charge is 2.19. The number of halogens is 2. The fourth-order valence-corrected chi connectivity index (χ4v) is 4.15. The van der Waals surface area contributed by atoms with E-state index in [1.165, 1.54) is 29.8 Å². The van der Waals surface area contributed by atoms with Gasteiger partial charge in [-0.3, -0.25) is 9.59 Å². The molecule has 0 radical (unpaired) electrons. The summed E-state index contributed by atoms with van der Waals surface area (Å²) in [6.07, 6.45) is 3.23. The van der Waals surface area contributed by atoms with Crippen molar-refractivity contribution in [3.63, 3.8) is 0 Å². The van der Waals surface area contributed by atoms with E-state index in [-0.39, 0.29) is 17.5 Å². The van der Waals surface area contributed by atoms with Gasteiger partial charge < -0.3 is 9.74 Å². The zero-order chi connectivity index (χ0) is 19.0. The van der Waals surface area contributed by atoms with Crippen LogP contribution in [0.5, 0.6) is 0 Å². The molecule has 0 unspecified atom stereocenters. The quantitative estimate of drug-likeness (QED) is 0.667. The predicted octanol–water partition coefficient (Wildman–Crippen LogP) is 2.97. The molecule has 0 N–H and O–H groups in total. The number of carbonyl (C=O) groups is 1. The van der Waals surface area contributed by atoms with Gasteiger partial charge in [0, 0.05) is 24.0 Å². The zero-order valence-corrected chi connectivity index (χ0v) is 15.7. The van der Waals surface area contributed by atoms with Crippen LogP contribution in [-0.4, -0.2) is 40.2 Å². The van der Waals surface area contributed by atoms with E-state index in [1.807, 2.05) is 0 Å². The number of benzene rings is 1. The molecule has 1 amide bonds. The molecule has 0 aliphatic carbocycles. The monoisotopic (exact) mass is 407 g/mol. The largest absolute Gasteiger partial charge is 0.399 e. The number of fused-ring (bicyclic) bond motifs is 1. The first-order valence-electron chi connectivity index (χ1n) is 8.40. The van der Waals surface area contributed by atoms with Gasteiger partial charge in [0.2, 0.25) is 0 Å². The Morgan fingerprint density at radius 3 is 2.85 bits per heavy atom. The highest BCUT2D eigenvalue weighted by atomic mass is 35.5. The summed E-state index contributed by atoms with van der Waals surface area (Å²) >= 11 is 7.16. The van der Waals surface area contributed by atoms with Crippen molar-refractivity contribution in [1.29, 1.82) is 0 Å². The van der Waals surface area contributed by atoms with Crippen LogP contribution in [-0.2, 0) is 4.79 Å². The molecule has 0 saturated carbocycles. The van der Waals surface area contributed by atoms with Crippen molar-refractivity contribution in [2.75, 3.05) is 19.7 Å². The van der Waals surface area contributed by atoms with Gasteiger partial charge in [-0.05, 0) is 30.5 Å². The highest BCUT2D eigenvalue weighted by molar-refractivity contribution is 7.17. The average molecular weight is 408 g/mol. The van der Waals surface area contributed by atoms with Crippen LogP contribution in [0.25, 0.3) is 21.3 Å². The van der Waals surface area contributed by atoms with Crippen LogP contribution in [0.2, 0.25) is 5.02 Å². The van der Waals surface area contributed by atoms with Crippen LogP contribution in [0, 0.1) is 5.82 Å². The summed E-state index contributed by atoms with van der Waals surface area (Å²) in [6, 6.07) is 4.27. The molecule has 4 rings (SSSR count). The molecular formula is C18H15ClFN3O3S. The maximum atomic E-state index is 13.4. The van der Waals surface area contributed by atoms with Crippen LogP contribution >= 0.6 is 22.9 Å². The van der Waals surface area contributed by atoms with E-state index < -0.39 is 11.4 Å². The van der Waals surface area contributed by atoms with Crippen molar-refractivity contribution in [2.24, 2.45) is 0 Å². The molecule has 3 aromatic rings. The van der Waals surface area contributed by atoms with E-state index >= 15 is 0 Å². The molecule has 1 aliphatic heterocycles. The molecule has 6 nitrogen and oxygen atoms in total. The lowest BCUT2D eigenvalue weighted by Gasteiger charge is -2.15. The van der Waals surface area contributed by atoms with Crippen LogP contribution in [0.15, 0.2) is 34.7 Å². The van der Waals surface area contributed by atoms with E-state index in [2.05, 4.69) is 4.98 Å². The molecule has 0 spiro atoms. The summed E-state index contributed by atoms with van der Waals surface area (Å²) in [6.45, 7) is 1.21. The SMILES string of the molecule is O=C(COn1cnc2scc(-c3ccc(F)c(Cl)c3)c2c1=O)N1CCCC1. The Labute approximate surface area is 162 Å². The third-order valence-electron chi connectivity index (χ3n) is 4.48.